The highest BCUT2D eigenvalue weighted by Crippen LogP contribution is 2.53. The molecule has 0 radical (unpaired) electrons. The van der Waals surface area contributed by atoms with Gasteiger partial charge in [0.25, 0.3) is 0 Å². The van der Waals surface area contributed by atoms with E-state index in [0.717, 1.165) is 23.4 Å². The van der Waals surface area contributed by atoms with E-state index in [-0.39, 0.29) is 11.3 Å². The molecule has 4 heteroatoms. The molecule has 2 aromatic carbocycles. The molecule has 2 aromatic rings. The number of benzene rings is 2. The van der Waals surface area contributed by atoms with Gasteiger partial charge in [0, 0.05) is 16.7 Å². The van der Waals surface area contributed by atoms with Crippen molar-refractivity contribution in [2.75, 3.05) is 18.6 Å². The number of anilines is 1. The van der Waals surface area contributed by atoms with Crippen LogP contribution < -0.4 is 15.0 Å². The molecule has 1 saturated heterocycles. The Morgan fingerprint density at radius 2 is 2.00 bits per heavy atom. The summed E-state index contributed by atoms with van der Waals surface area (Å²) in [5, 5.41) is 3.27. The molecule has 1 unspecified atom stereocenters. The maximum atomic E-state index is 12.4. The number of ether oxygens (including phenoxy) is 1. The highest BCUT2D eigenvalue weighted by Gasteiger charge is 2.59. The van der Waals surface area contributed by atoms with Crippen LogP contribution in [0.25, 0.3) is 6.08 Å². The third-order valence-corrected chi connectivity index (χ3v) is 6.09. The van der Waals surface area contributed by atoms with E-state index < -0.39 is 5.66 Å². The molecule has 27 heavy (non-hydrogen) atoms. The molecule has 4 rings (SSSR count). The predicted molar refractivity (Wildman–Crippen MR) is 109 cm³/mol. The second kappa shape index (κ2) is 6.15. The number of methoxy groups -OCH3 is 1. The highest BCUT2D eigenvalue weighted by atomic mass is 16.5. The van der Waals surface area contributed by atoms with Gasteiger partial charge in [0.05, 0.1) is 13.7 Å². The van der Waals surface area contributed by atoms with E-state index in [1.165, 1.54) is 11.1 Å². The minimum absolute atomic E-state index is 0.0537. The molecule has 2 aliphatic heterocycles. The zero-order valence-corrected chi connectivity index (χ0v) is 16.4. The lowest BCUT2D eigenvalue weighted by atomic mass is 9.75. The van der Waals surface area contributed by atoms with Crippen LogP contribution in [-0.2, 0) is 16.6 Å². The number of nitrogens with zero attached hydrogens (tertiary/aromatic N) is 1. The molecule has 1 amide bonds. The van der Waals surface area contributed by atoms with Crippen molar-refractivity contribution in [3.8, 4) is 5.75 Å². The van der Waals surface area contributed by atoms with E-state index in [2.05, 4.69) is 61.3 Å². The molecular weight excluding hydrogens is 336 g/mol. The van der Waals surface area contributed by atoms with E-state index in [9.17, 15) is 4.79 Å². The number of para-hydroxylation sites is 1. The topological polar surface area (TPSA) is 41.6 Å². The van der Waals surface area contributed by atoms with Gasteiger partial charge in [-0.05, 0) is 35.8 Å². The van der Waals surface area contributed by atoms with Gasteiger partial charge in [-0.15, -0.1) is 0 Å². The molecule has 0 aromatic heterocycles. The molecule has 1 N–H and O–H groups in total. The molecular formula is C23H26N2O2. The second-order valence-electron chi connectivity index (χ2n) is 7.81. The van der Waals surface area contributed by atoms with Crippen LogP contribution in [0, 0.1) is 0 Å². The lowest BCUT2D eigenvalue weighted by Crippen LogP contribution is -2.58. The Labute approximate surface area is 160 Å². The first kappa shape index (κ1) is 17.7. The Hall–Kier alpha value is -2.75. The number of aryl methyl sites for hydroxylation is 1. The van der Waals surface area contributed by atoms with Crippen molar-refractivity contribution < 1.29 is 9.53 Å². The molecule has 140 valence electrons. The van der Waals surface area contributed by atoms with Crippen LogP contribution in [-0.4, -0.2) is 25.2 Å². The van der Waals surface area contributed by atoms with E-state index >= 15 is 0 Å². The standard InChI is InChI=1S/C23H26N2O2/c1-5-16-10-11-19-18(14-16)22(2,3)23(24-21(26)15-25(19)23)13-12-17-8-6-7-9-20(17)27-4/h6-14H,5,15H2,1-4H3,(H,24,26). The lowest BCUT2D eigenvalue weighted by molar-refractivity contribution is -0.118. The first-order valence-corrected chi connectivity index (χ1v) is 9.47. The van der Waals surface area contributed by atoms with Crippen molar-refractivity contribution in [1.29, 1.82) is 0 Å². The summed E-state index contributed by atoms with van der Waals surface area (Å²) in [6, 6.07) is 14.5. The monoisotopic (exact) mass is 362 g/mol. The van der Waals surface area contributed by atoms with Gasteiger partial charge in [0.15, 0.2) is 0 Å². The maximum Gasteiger partial charge on any atom is 0.241 e. The average molecular weight is 362 g/mol. The normalized spacial score (nSPS) is 22.7. The third-order valence-electron chi connectivity index (χ3n) is 6.09. The van der Waals surface area contributed by atoms with Gasteiger partial charge >= 0.3 is 0 Å². The van der Waals surface area contributed by atoms with Crippen LogP contribution in [0.2, 0.25) is 0 Å². The fraction of sp³-hybridized carbons (Fsp3) is 0.348. The molecule has 1 atom stereocenters. The quantitative estimate of drug-likeness (QED) is 0.897. The zero-order chi connectivity index (χ0) is 19.2. The summed E-state index contributed by atoms with van der Waals surface area (Å²) in [6.07, 6.45) is 5.19. The Balaban J connectivity index is 1.84. The van der Waals surface area contributed by atoms with Gasteiger partial charge in [-0.3, -0.25) is 4.79 Å². The number of carbonyl (C=O) groups excluding carboxylic acids is 1. The molecule has 0 saturated carbocycles. The van der Waals surface area contributed by atoms with Gasteiger partial charge in [0.1, 0.15) is 11.4 Å². The van der Waals surface area contributed by atoms with Crippen LogP contribution >= 0.6 is 0 Å². The number of amides is 1. The molecule has 4 nitrogen and oxygen atoms in total. The van der Waals surface area contributed by atoms with Gasteiger partial charge in [-0.1, -0.05) is 57.2 Å². The summed E-state index contributed by atoms with van der Waals surface area (Å²) in [4.78, 5) is 14.6. The van der Waals surface area contributed by atoms with Gasteiger partial charge in [0.2, 0.25) is 5.91 Å². The first-order valence-electron chi connectivity index (χ1n) is 9.47. The summed E-state index contributed by atoms with van der Waals surface area (Å²) in [6.45, 7) is 6.97. The van der Waals surface area contributed by atoms with Crippen molar-refractivity contribution in [2.24, 2.45) is 0 Å². The first-order chi connectivity index (χ1) is 12.9. The van der Waals surface area contributed by atoms with Crippen molar-refractivity contribution in [3.05, 3.63) is 65.2 Å². The number of carbonyl (C=O) groups is 1. The number of hydrogen-bond donors (Lipinski definition) is 1. The zero-order valence-electron chi connectivity index (χ0n) is 16.4. The van der Waals surface area contributed by atoms with E-state index in [0.29, 0.717) is 6.54 Å². The van der Waals surface area contributed by atoms with Gasteiger partial charge in [-0.25, -0.2) is 0 Å². The van der Waals surface area contributed by atoms with Crippen LogP contribution in [0.4, 0.5) is 5.69 Å². The molecule has 2 aliphatic rings. The minimum atomic E-state index is -0.584. The number of fused-ring (bicyclic) bond motifs is 3. The Bertz CT molecular complexity index is 932. The van der Waals surface area contributed by atoms with E-state index in [4.69, 9.17) is 4.74 Å². The average Bonchev–Trinajstić information content (AvgIpc) is 3.10. The predicted octanol–water partition coefficient (Wildman–Crippen LogP) is 3.89. The Kier molecular flexibility index (Phi) is 4.02. The summed E-state index contributed by atoms with van der Waals surface area (Å²) >= 11 is 0. The Morgan fingerprint density at radius 3 is 2.74 bits per heavy atom. The van der Waals surface area contributed by atoms with Gasteiger partial charge < -0.3 is 15.0 Å². The van der Waals surface area contributed by atoms with Crippen LogP contribution in [0.5, 0.6) is 5.75 Å². The van der Waals surface area contributed by atoms with E-state index in [1.807, 2.05) is 24.3 Å². The van der Waals surface area contributed by atoms with Crippen LogP contribution in [0.1, 0.15) is 37.5 Å². The molecule has 0 aliphatic carbocycles. The summed E-state index contributed by atoms with van der Waals surface area (Å²) in [5.74, 6) is 0.876. The van der Waals surface area contributed by atoms with Crippen molar-refractivity contribution in [2.45, 2.75) is 38.3 Å². The van der Waals surface area contributed by atoms with Crippen molar-refractivity contribution in [1.82, 2.24) is 5.32 Å². The molecule has 0 spiro atoms. The molecule has 1 fully saturated rings. The van der Waals surface area contributed by atoms with Crippen LogP contribution in [0.15, 0.2) is 48.5 Å². The van der Waals surface area contributed by atoms with Gasteiger partial charge in [-0.2, -0.15) is 0 Å². The smallest absolute Gasteiger partial charge is 0.241 e. The summed E-state index contributed by atoms with van der Waals surface area (Å²) in [7, 11) is 1.68. The summed E-state index contributed by atoms with van der Waals surface area (Å²) < 4.78 is 5.48. The van der Waals surface area contributed by atoms with Crippen molar-refractivity contribution >= 4 is 17.7 Å². The van der Waals surface area contributed by atoms with Crippen LogP contribution in [0.3, 0.4) is 0 Å². The second-order valence-corrected chi connectivity index (χ2v) is 7.81. The lowest BCUT2D eigenvalue weighted by Gasteiger charge is -2.40. The van der Waals surface area contributed by atoms with Crippen molar-refractivity contribution in [3.63, 3.8) is 0 Å². The molecule has 0 bridgehead atoms. The fourth-order valence-corrected chi connectivity index (χ4v) is 4.46. The number of nitrogens with one attached hydrogen (secondary N) is 1. The third kappa shape index (κ3) is 2.47. The Morgan fingerprint density at radius 1 is 1.22 bits per heavy atom. The highest BCUT2D eigenvalue weighted by molar-refractivity contribution is 5.91. The number of rotatable bonds is 4. The summed E-state index contributed by atoms with van der Waals surface area (Å²) in [5.41, 5.74) is 3.89. The maximum absolute atomic E-state index is 12.4. The number of hydrogen-bond acceptors (Lipinski definition) is 3. The van der Waals surface area contributed by atoms with E-state index in [1.54, 1.807) is 7.11 Å². The fourth-order valence-electron chi connectivity index (χ4n) is 4.46. The molecule has 2 heterocycles. The minimum Gasteiger partial charge on any atom is -0.496 e. The largest absolute Gasteiger partial charge is 0.496 e. The SMILES string of the molecule is CCc1ccc2c(c1)C(C)(C)C1(C=Cc3ccccc3OC)NC(=O)CN21.